The molecule has 1 fully saturated rings. The maximum absolute atomic E-state index is 12.3. The van der Waals surface area contributed by atoms with E-state index < -0.39 is 0 Å². The number of carbonyl (C=O) groups excluding carboxylic acids is 1. The first kappa shape index (κ1) is 21.2. The van der Waals surface area contributed by atoms with Crippen LogP contribution in [0.4, 0.5) is 10.8 Å². The topological polar surface area (TPSA) is 89.0 Å². The molecule has 0 saturated carbocycles. The summed E-state index contributed by atoms with van der Waals surface area (Å²) >= 11 is 4.66. The number of ether oxygens (including phenoxy) is 1. The minimum atomic E-state index is -0.0519. The van der Waals surface area contributed by atoms with Gasteiger partial charge in [-0.05, 0) is 31.4 Å². The molecule has 0 aliphatic carbocycles. The molecule has 2 N–H and O–H groups in total. The van der Waals surface area contributed by atoms with Gasteiger partial charge in [-0.2, -0.15) is 0 Å². The number of nitrogens with one attached hydrogen (secondary N) is 2. The molecule has 0 radical (unpaired) electrons. The predicted molar refractivity (Wildman–Crippen MR) is 123 cm³/mol. The molecule has 1 amide bonds. The summed E-state index contributed by atoms with van der Waals surface area (Å²) in [5.74, 6) is 0.653. The lowest BCUT2D eigenvalue weighted by molar-refractivity contribution is -0.115. The molecule has 1 unspecified atom stereocenters. The molecule has 3 heterocycles. The molecule has 1 aliphatic rings. The third kappa shape index (κ3) is 6.00. The molecular formula is C20H23N5O2S3. The third-order valence-corrected chi connectivity index (χ3v) is 7.53. The number of carbonyl (C=O) groups is 1. The van der Waals surface area contributed by atoms with Crippen molar-refractivity contribution in [2.24, 2.45) is 0 Å². The van der Waals surface area contributed by atoms with Crippen molar-refractivity contribution in [3.8, 4) is 0 Å². The van der Waals surface area contributed by atoms with Crippen LogP contribution in [-0.4, -0.2) is 40.3 Å². The standard InChI is InChI=1S/C20H23N5O2S3/c1-13-5-2-3-7-16(13)23-17(26)9-18-22-14(11-28-18)12-29-20-25-24-19(30-20)21-10-15-6-4-8-27-15/h2-3,5,7,11,15H,4,6,8-10,12H2,1H3,(H,21,24)(H,23,26). The fraction of sp³-hybridized carbons (Fsp3) is 0.400. The van der Waals surface area contributed by atoms with Crippen LogP contribution >= 0.6 is 34.4 Å². The second-order valence-electron chi connectivity index (χ2n) is 6.95. The van der Waals surface area contributed by atoms with E-state index in [9.17, 15) is 4.79 Å². The Morgan fingerprint density at radius 1 is 1.33 bits per heavy atom. The van der Waals surface area contributed by atoms with E-state index in [1.807, 2.05) is 36.6 Å². The Kier molecular flexibility index (Phi) is 7.32. The molecule has 2 aromatic heterocycles. The summed E-state index contributed by atoms with van der Waals surface area (Å²) in [6.07, 6.45) is 2.79. The Morgan fingerprint density at radius 3 is 3.07 bits per heavy atom. The van der Waals surface area contributed by atoms with E-state index in [0.29, 0.717) is 5.75 Å². The van der Waals surface area contributed by atoms with E-state index in [0.717, 1.165) is 57.4 Å². The summed E-state index contributed by atoms with van der Waals surface area (Å²) in [6.45, 7) is 3.61. The zero-order chi connectivity index (χ0) is 20.8. The number of amides is 1. The number of hydrogen-bond acceptors (Lipinski definition) is 9. The summed E-state index contributed by atoms with van der Waals surface area (Å²) in [4.78, 5) is 16.9. The highest BCUT2D eigenvalue weighted by Crippen LogP contribution is 2.29. The van der Waals surface area contributed by atoms with E-state index in [4.69, 9.17) is 4.74 Å². The van der Waals surface area contributed by atoms with Crippen molar-refractivity contribution in [2.45, 2.75) is 42.4 Å². The van der Waals surface area contributed by atoms with E-state index >= 15 is 0 Å². The van der Waals surface area contributed by atoms with Crippen molar-refractivity contribution in [3.05, 3.63) is 45.9 Å². The van der Waals surface area contributed by atoms with Crippen LogP contribution in [0.25, 0.3) is 0 Å². The highest BCUT2D eigenvalue weighted by molar-refractivity contribution is 8.00. The Morgan fingerprint density at radius 2 is 2.23 bits per heavy atom. The Bertz CT molecular complexity index is 984. The third-order valence-electron chi connectivity index (χ3n) is 4.59. The average Bonchev–Trinajstić information content (AvgIpc) is 3.49. The zero-order valence-corrected chi connectivity index (χ0v) is 19.0. The molecule has 1 atom stereocenters. The summed E-state index contributed by atoms with van der Waals surface area (Å²) in [7, 11) is 0. The van der Waals surface area contributed by atoms with Gasteiger partial charge in [-0.1, -0.05) is 41.3 Å². The SMILES string of the molecule is Cc1ccccc1NC(=O)Cc1nc(CSc2nnc(NCC3CCCO3)s2)cs1. The second-order valence-corrected chi connectivity index (χ2v) is 10.1. The monoisotopic (exact) mass is 461 g/mol. The van der Waals surface area contributed by atoms with E-state index in [1.165, 1.54) is 11.3 Å². The number of aromatic nitrogens is 3. The van der Waals surface area contributed by atoms with Crippen molar-refractivity contribution >= 4 is 51.2 Å². The van der Waals surface area contributed by atoms with Crippen molar-refractivity contribution in [3.63, 3.8) is 0 Å². The summed E-state index contributed by atoms with van der Waals surface area (Å²) in [6, 6.07) is 7.75. The Balaban J connectivity index is 1.22. The minimum Gasteiger partial charge on any atom is -0.376 e. The number of anilines is 2. The van der Waals surface area contributed by atoms with Crippen molar-refractivity contribution in [2.75, 3.05) is 23.8 Å². The van der Waals surface area contributed by atoms with E-state index in [-0.39, 0.29) is 18.4 Å². The van der Waals surface area contributed by atoms with Gasteiger partial charge in [0.15, 0.2) is 4.34 Å². The Labute approximate surface area is 187 Å². The van der Waals surface area contributed by atoms with Gasteiger partial charge in [0.25, 0.3) is 0 Å². The number of thioether (sulfide) groups is 1. The number of rotatable bonds is 9. The van der Waals surface area contributed by atoms with Crippen LogP contribution in [0, 0.1) is 6.92 Å². The van der Waals surface area contributed by atoms with Gasteiger partial charge in [-0.3, -0.25) is 4.79 Å². The van der Waals surface area contributed by atoms with Gasteiger partial charge in [0.05, 0.1) is 18.2 Å². The molecule has 10 heteroatoms. The van der Waals surface area contributed by atoms with Crippen LogP contribution in [0.15, 0.2) is 34.0 Å². The molecule has 30 heavy (non-hydrogen) atoms. The number of aryl methyl sites for hydroxylation is 1. The number of nitrogens with zero attached hydrogens (tertiary/aromatic N) is 3. The van der Waals surface area contributed by atoms with Crippen LogP contribution in [0.1, 0.15) is 29.1 Å². The molecule has 1 saturated heterocycles. The van der Waals surface area contributed by atoms with Crippen molar-refractivity contribution in [1.82, 2.24) is 15.2 Å². The van der Waals surface area contributed by atoms with Crippen LogP contribution in [-0.2, 0) is 21.7 Å². The normalized spacial score (nSPS) is 16.0. The first-order valence-electron chi connectivity index (χ1n) is 9.76. The van der Waals surface area contributed by atoms with Gasteiger partial charge in [0.1, 0.15) is 5.01 Å². The maximum atomic E-state index is 12.3. The number of benzene rings is 1. The smallest absolute Gasteiger partial charge is 0.231 e. The van der Waals surface area contributed by atoms with E-state index in [1.54, 1.807) is 23.1 Å². The van der Waals surface area contributed by atoms with Gasteiger partial charge < -0.3 is 15.4 Å². The van der Waals surface area contributed by atoms with Gasteiger partial charge >= 0.3 is 0 Å². The highest BCUT2D eigenvalue weighted by atomic mass is 32.2. The molecule has 1 aliphatic heterocycles. The Hall–Kier alpha value is -2.01. The van der Waals surface area contributed by atoms with Gasteiger partial charge in [0.2, 0.25) is 11.0 Å². The van der Waals surface area contributed by atoms with Crippen molar-refractivity contribution < 1.29 is 9.53 Å². The molecule has 158 valence electrons. The van der Waals surface area contributed by atoms with Crippen LogP contribution in [0.3, 0.4) is 0 Å². The highest BCUT2D eigenvalue weighted by Gasteiger charge is 2.16. The quantitative estimate of drug-likeness (QED) is 0.458. The predicted octanol–water partition coefficient (Wildman–Crippen LogP) is 4.37. The maximum Gasteiger partial charge on any atom is 0.231 e. The molecule has 1 aromatic carbocycles. The lowest BCUT2D eigenvalue weighted by Gasteiger charge is -2.08. The average molecular weight is 462 g/mol. The number of thiazole rings is 1. The van der Waals surface area contributed by atoms with Crippen molar-refractivity contribution in [1.29, 1.82) is 0 Å². The first-order chi connectivity index (χ1) is 14.7. The largest absolute Gasteiger partial charge is 0.376 e. The van der Waals surface area contributed by atoms with Crippen LogP contribution < -0.4 is 10.6 Å². The molecule has 0 spiro atoms. The van der Waals surface area contributed by atoms with Gasteiger partial charge in [-0.15, -0.1) is 21.5 Å². The number of para-hydroxylation sites is 1. The second kappa shape index (κ2) is 10.3. The zero-order valence-electron chi connectivity index (χ0n) is 16.6. The van der Waals surface area contributed by atoms with Gasteiger partial charge in [-0.25, -0.2) is 4.98 Å². The molecule has 0 bridgehead atoms. The van der Waals surface area contributed by atoms with Crippen LogP contribution in [0.5, 0.6) is 0 Å². The van der Waals surface area contributed by atoms with Crippen LogP contribution in [0.2, 0.25) is 0 Å². The molecule has 4 rings (SSSR count). The van der Waals surface area contributed by atoms with E-state index in [2.05, 4.69) is 25.8 Å². The number of hydrogen-bond donors (Lipinski definition) is 2. The fourth-order valence-corrected chi connectivity index (χ4v) is 5.57. The lowest BCUT2D eigenvalue weighted by atomic mass is 10.2. The fourth-order valence-electron chi connectivity index (χ4n) is 3.02. The first-order valence-corrected chi connectivity index (χ1v) is 12.4. The lowest BCUT2D eigenvalue weighted by Crippen LogP contribution is -2.18. The van der Waals surface area contributed by atoms with Gasteiger partial charge in [0, 0.05) is 30.0 Å². The summed E-state index contributed by atoms with van der Waals surface area (Å²) in [5.41, 5.74) is 2.84. The molecule has 7 nitrogen and oxygen atoms in total. The summed E-state index contributed by atoms with van der Waals surface area (Å²) in [5, 5.41) is 18.3. The molecular weight excluding hydrogens is 438 g/mol. The minimum absolute atomic E-state index is 0.0519. The summed E-state index contributed by atoms with van der Waals surface area (Å²) < 4.78 is 6.51. The molecule has 3 aromatic rings.